The second-order valence-electron chi connectivity index (χ2n) is 6.29. The molecule has 0 spiro atoms. The van der Waals surface area contributed by atoms with Gasteiger partial charge in [0.25, 0.3) is 11.7 Å². The van der Waals surface area contributed by atoms with Crippen LogP contribution >= 0.6 is 0 Å². The number of carbonyl (C=O) groups is 1. The summed E-state index contributed by atoms with van der Waals surface area (Å²) in [6, 6.07) is 4.24. The van der Waals surface area contributed by atoms with E-state index in [2.05, 4.69) is 15.2 Å². The van der Waals surface area contributed by atoms with E-state index < -0.39 is 0 Å². The molecule has 0 bridgehead atoms. The maximum atomic E-state index is 12.6. The molecule has 114 valence electrons. The van der Waals surface area contributed by atoms with Crippen molar-refractivity contribution in [1.29, 1.82) is 0 Å². The van der Waals surface area contributed by atoms with Crippen molar-refractivity contribution in [2.45, 2.75) is 57.4 Å². The molecular formula is C17H26N3O+. The molecule has 1 aromatic rings. The van der Waals surface area contributed by atoms with E-state index in [9.17, 15) is 4.79 Å². The molecule has 3 rings (SSSR count). The fourth-order valence-electron chi connectivity index (χ4n) is 3.50. The number of aromatic amines is 1. The first kappa shape index (κ1) is 14.4. The number of hydrogen-bond donors (Lipinski definition) is 1. The average molecular weight is 288 g/mol. The molecule has 0 radical (unpaired) electrons. The van der Waals surface area contributed by atoms with Gasteiger partial charge < -0.3 is 5.32 Å². The van der Waals surface area contributed by atoms with Crippen LogP contribution in [0.25, 0.3) is 0 Å². The van der Waals surface area contributed by atoms with Crippen molar-refractivity contribution >= 4 is 11.7 Å². The van der Waals surface area contributed by atoms with Gasteiger partial charge in [-0.2, -0.15) is 0 Å². The lowest BCUT2D eigenvalue weighted by molar-refractivity contribution is -0.364. The highest BCUT2D eigenvalue weighted by molar-refractivity contribution is 5.98. The summed E-state index contributed by atoms with van der Waals surface area (Å²) in [4.78, 5) is 18.2. The quantitative estimate of drug-likeness (QED) is 0.929. The van der Waals surface area contributed by atoms with E-state index in [4.69, 9.17) is 0 Å². The van der Waals surface area contributed by atoms with Crippen molar-refractivity contribution in [3.05, 3.63) is 23.9 Å². The van der Waals surface area contributed by atoms with Crippen LogP contribution in [0, 0.1) is 0 Å². The molecule has 1 aliphatic heterocycles. The van der Waals surface area contributed by atoms with Crippen molar-refractivity contribution < 1.29 is 9.78 Å². The van der Waals surface area contributed by atoms with Gasteiger partial charge in [-0.3, -0.25) is 9.69 Å². The highest BCUT2D eigenvalue weighted by Crippen LogP contribution is 2.21. The van der Waals surface area contributed by atoms with Crippen LogP contribution < -0.4 is 15.2 Å². The Labute approximate surface area is 126 Å². The largest absolute Gasteiger partial charge is 0.349 e. The van der Waals surface area contributed by atoms with Crippen LogP contribution in [0.2, 0.25) is 0 Å². The Bertz CT molecular complexity index is 475. The van der Waals surface area contributed by atoms with Crippen LogP contribution in [-0.2, 0) is 0 Å². The number of nitrogens with one attached hydrogen (secondary N) is 2. The summed E-state index contributed by atoms with van der Waals surface area (Å²) in [7, 11) is 0. The molecule has 1 saturated carbocycles. The number of rotatable bonds is 3. The molecule has 2 N–H and O–H groups in total. The van der Waals surface area contributed by atoms with Crippen LogP contribution in [0.1, 0.15) is 61.7 Å². The Morgan fingerprint density at radius 1 is 1.10 bits per heavy atom. The molecule has 1 amide bonds. The first-order valence-corrected chi connectivity index (χ1v) is 8.41. The molecule has 4 heteroatoms. The van der Waals surface area contributed by atoms with Crippen molar-refractivity contribution in [2.24, 2.45) is 0 Å². The van der Waals surface area contributed by atoms with Crippen LogP contribution in [-0.4, -0.2) is 25.0 Å². The number of amides is 1. The lowest BCUT2D eigenvalue weighted by Crippen LogP contribution is -2.37. The smallest absolute Gasteiger partial charge is 0.287 e. The van der Waals surface area contributed by atoms with Crippen molar-refractivity contribution in [2.75, 3.05) is 18.0 Å². The average Bonchev–Trinajstić information content (AvgIpc) is 2.87. The molecule has 2 fully saturated rings. The first-order valence-electron chi connectivity index (χ1n) is 8.41. The molecule has 1 aromatic heterocycles. The minimum Gasteiger partial charge on any atom is -0.349 e. The molecule has 1 saturated heterocycles. The van der Waals surface area contributed by atoms with E-state index in [0.717, 1.165) is 37.3 Å². The van der Waals surface area contributed by atoms with Gasteiger partial charge in [0.05, 0.1) is 19.3 Å². The normalized spacial score (nSPS) is 20.3. The molecule has 2 aliphatic rings. The Kier molecular flexibility index (Phi) is 4.73. The number of nitrogens with zero attached hydrogens (tertiary/aromatic N) is 1. The number of H-pyrrole nitrogens is 1. The molecule has 1 aliphatic carbocycles. The Balaban J connectivity index is 1.75. The summed E-state index contributed by atoms with van der Waals surface area (Å²) >= 11 is 0. The zero-order valence-electron chi connectivity index (χ0n) is 12.7. The Morgan fingerprint density at radius 3 is 2.52 bits per heavy atom. The van der Waals surface area contributed by atoms with Gasteiger partial charge in [0, 0.05) is 6.04 Å². The lowest BCUT2D eigenvalue weighted by atomic mass is 10.2. The summed E-state index contributed by atoms with van der Waals surface area (Å²) in [6.45, 7) is 2.09. The molecule has 0 aromatic carbocycles. The van der Waals surface area contributed by atoms with Crippen molar-refractivity contribution in [3.8, 4) is 0 Å². The van der Waals surface area contributed by atoms with Gasteiger partial charge in [-0.15, -0.1) is 0 Å². The second kappa shape index (κ2) is 6.92. The van der Waals surface area contributed by atoms with Gasteiger partial charge in [-0.1, -0.05) is 12.8 Å². The van der Waals surface area contributed by atoms with Crippen LogP contribution in [0.15, 0.2) is 18.3 Å². The fourth-order valence-corrected chi connectivity index (χ4v) is 3.50. The number of carbonyl (C=O) groups excluding carboxylic acids is 1. The Morgan fingerprint density at radius 2 is 1.81 bits per heavy atom. The van der Waals surface area contributed by atoms with Gasteiger partial charge >= 0.3 is 0 Å². The Hall–Kier alpha value is -1.58. The van der Waals surface area contributed by atoms with Crippen LogP contribution in [0.5, 0.6) is 0 Å². The number of aromatic nitrogens is 1. The molecule has 21 heavy (non-hydrogen) atoms. The molecule has 4 nitrogen and oxygen atoms in total. The molecule has 2 heterocycles. The zero-order valence-corrected chi connectivity index (χ0v) is 12.7. The number of anilines is 1. The summed E-state index contributed by atoms with van der Waals surface area (Å²) < 4.78 is 0. The van der Waals surface area contributed by atoms with Gasteiger partial charge in [0.2, 0.25) is 0 Å². The summed E-state index contributed by atoms with van der Waals surface area (Å²) in [5, 5.41) is 3.20. The first-order chi connectivity index (χ1) is 10.3. The van der Waals surface area contributed by atoms with Crippen LogP contribution in [0.3, 0.4) is 0 Å². The van der Waals surface area contributed by atoms with E-state index >= 15 is 0 Å². The van der Waals surface area contributed by atoms with Crippen molar-refractivity contribution in [3.63, 3.8) is 0 Å². The maximum Gasteiger partial charge on any atom is 0.287 e. The third-order valence-electron chi connectivity index (χ3n) is 4.69. The number of pyridine rings is 1. The minimum absolute atomic E-state index is 0.0815. The predicted molar refractivity (Wildman–Crippen MR) is 83.4 cm³/mol. The summed E-state index contributed by atoms with van der Waals surface area (Å²) in [5.74, 6) is 1.08. The van der Waals surface area contributed by atoms with E-state index in [-0.39, 0.29) is 5.91 Å². The standard InChI is InChI=1S/C17H25N3O/c21-17(19-14-8-3-4-9-14)15-10-7-11-18-16(15)20-12-5-1-2-6-13-20/h7,10-11,14H,1-6,8-9,12-13H2,(H,19,21)/p+1. The third-order valence-corrected chi connectivity index (χ3v) is 4.69. The van der Waals surface area contributed by atoms with Crippen LogP contribution in [0.4, 0.5) is 5.82 Å². The van der Waals surface area contributed by atoms with Gasteiger partial charge in [0.15, 0.2) is 0 Å². The molecule has 0 atom stereocenters. The summed E-state index contributed by atoms with van der Waals surface area (Å²) in [5.41, 5.74) is 0.798. The molecule has 0 unspecified atom stereocenters. The maximum absolute atomic E-state index is 12.6. The van der Waals surface area contributed by atoms with E-state index in [1.165, 1.54) is 38.5 Å². The molecular weight excluding hydrogens is 262 g/mol. The van der Waals surface area contributed by atoms with Crippen molar-refractivity contribution in [1.82, 2.24) is 5.32 Å². The van der Waals surface area contributed by atoms with Gasteiger partial charge in [-0.25, -0.2) is 4.98 Å². The zero-order chi connectivity index (χ0) is 14.5. The second-order valence-corrected chi connectivity index (χ2v) is 6.29. The monoisotopic (exact) mass is 288 g/mol. The SMILES string of the molecule is O=C(NC1CCCC1)c1ccc[nH+]c1N1CCCCCC1. The topological polar surface area (TPSA) is 46.5 Å². The number of hydrogen-bond acceptors (Lipinski definition) is 2. The van der Waals surface area contributed by atoms with Gasteiger partial charge in [-0.05, 0) is 50.7 Å². The highest BCUT2D eigenvalue weighted by atomic mass is 16.1. The van der Waals surface area contributed by atoms with E-state index in [1.54, 1.807) is 0 Å². The lowest BCUT2D eigenvalue weighted by Gasteiger charge is -2.17. The fraction of sp³-hybridized carbons (Fsp3) is 0.647. The van der Waals surface area contributed by atoms with E-state index in [0.29, 0.717) is 6.04 Å². The minimum atomic E-state index is 0.0815. The predicted octanol–water partition coefficient (Wildman–Crippen LogP) is 2.55. The third kappa shape index (κ3) is 3.55. The summed E-state index contributed by atoms with van der Waals surface area (Å²) in [6.07, 6.45) is 11.7. The highest BCUT2D eigenvalue weighted by Gasteiger charge is 2.26. The van der Waals surface area contributed by atoms with E-state index in [1.807, 2.05) is 18.3 Å². The van der Waals surface area contributed by atoms with Gasteiger partial charge in [0.1, 0.15) is 5.56 Å².